The Morgan fingerprint density at radius 1 is 1.33 bits per heavy atom. The maximum atomic E-state index is 12.5. The molecule has 0 aliphatic rings. The highest BCUT2D eigenvalue weighted by Crippen LogP contribution is 2.26. The zero-order valence-electron chi connectivity index (χ0n) is 13.5. The molecular weight excluding hydrogens is 324 g/mol. The summed E-state index contributed by atoms with van der Waals surface area (Å²) < 4.78 is 6.50. The van der Waals surface area contributed by atoms with E-state index in [2.05, 4.69) is 27.9 Å². The summed E-state index contributed by atoms with van der Waals surface area (Å²) in [7, 11) is 3.30. The molecule has 0 saturated heterocycles. The van der Waals surface area contributed by atoms with E-state index in [4.69, 9.17) is 4.74 Å². The molecule has 0 spiro atoms. The fraction of sp³-hybridized carbons (Fsp3) is 0.235. The largest absolute Gasteiger partial charge is 0.383 e. The number of hydrogen-bond acceptors (Lipinski definition) is 6. The van der Waals surface area contributed by atoms with E-state index in [1.807, 2.05) is 30.3 Å². The van der Waals surface area contributed by atoms with Crippen molar-refractivity contribution in [1.82, 2.24) is 14.5 Å². The Bertz CT molecular complexity index is 940. The van der Waals surface area contributed by atoms with E-state index < -0.39 is 0 Å². The molecule has 0 fully saturated rings. The minimum Gasteiger partial charge on any atom is -0.383 e. The minimum absolute atomic E-state index is 0.137. The summed E-state index contributed by atoms with van der Waals surface area (Å²) >= 11 is 4.37. The molecule has 0 radical (unpaired) electrons. The lowest BCUT2D eigenvalue weighted by Gasteiger charge is -2.11. The number of anilines is 1. The number of aryl methyl sites for hydroxylation is 1. The molecule has 3 rings (SSSR count). The van der Waals surface area contributed by atoms with Gasteiger partial charge in [-0.3, -0.25) is 4.79 Å². The van der Waals surface area contributed by atoms with Crippen LogP contribution in [0, 0.1) is 0 Å². The van der Waals surface area contributed by atoms with Gasteiger partial charge in [0.1, 0.15) is 11.2 Å². The van der Waals surface area contributed by atoms with Crippen LogP contribution in [-0.4, -0.2) is 34.8 Å². The Morgan fingerprint density at radius 3 is 2.92 bits per heavy atom. The molecule has 0 aliphatic carbocycles. The van der Waals surface area contributed by atoms with Gasteiger partial charge in [-0.2, -0.15) is 0 Å². The van der Waals surface area contributed by atoms with Gasteiger partial charge >= 0.3 is 0 Å². The van der Waals surface area contributed by atoms with Gasteiger partial charge in [-0.25, -0.2) is 9.97 Å². The molecule has 2 heterocycles. The third kappa shape index (κ3) is 3.27. The number of ether oxygens (including phenoxy) is 1. The molecule has 1 aromatic carbocycles. The van der Waals surface area contributed by atoms with Gasteiger partial charge in [0, 0.05) is 31.2 Å². The predicted molar refractivity (Wildman–Crippen MR) is 97.8 cm³/mol. The Balaban J connectivity index is 2.19. The summed E-state index contributed by atoms with van der Waals surface area (Å²) in [6, 6.07) is 9.52. The highest BCUT2D eigenvalue weighted by molar-refractivity contribution is 7.80. The molecule has 0 aliphatic heterocycles. The summed E-state index contributed by atoms with van der Waals surface area (Å²) in [4.78, 5) is 22.3. The third-order valence-corrected chi connectivity index (χ3v) is 3.92. The average molecular weight is 342 g/mol. The van der Waals surface area contributed by atoms with Crippen LogP contribution in [0.3, 0.4) is 0 Å². The smallest absolute Gasteiger partial charge is 0.264 e. The SMILES string of the molecule is COCCNc1nc(-c2cccc(S)c2)cc2ncn(C)c(=O)c12. The number of hydrogen-bond donors (Lipinski definition) is 2. The lowest BCUT2D eigenvalue weighted by atomic mass is 10.1. The van der Waals surface area contributed by atoms with Crippen LogP contribution in [0.25, 0.3) is 22.2 Å². The summed E-state index contributed by atoms with van der Waals surface area (Å²) in [5, 5.41) is 3.65. The van der Waals surface area contributed by atoms with Crippen LogP contribution >= 0.6 is 12.6 Å². The predicted octanol–water partition coefficient (Wildman–Crippen LogP) is 2.34. The van der Waals surface area contributed by atoms with E-state index in [9.17, 15) is 4.79 Å². The lowest BCUT2D eigenvalue weighted by Crippen LogP contribution is -2.20. The van der Waals surface area contributed by atoms with Gasteiger partial charge in [0.2, 0.25) is 0 Å². The monoisotopic (exact) mass is 342 g/mol. The van der Waals surface area contributed by atoms with Gasteiger partial charge in [0.05, 0.1) is 24.1 Å². The number of aromatic nitrogens is 3. The minimum atomic E-state index is -0.137. The van der Waals surface area contributed by atoms with Gasteiger partial charge in [0.25, 0.3) is 5.56 Å². The second-order valence-corrected chi connectivity index (χ2v) is 5.90. The number of benzene rings is 1. The molecule has 6 nitrogen and oxygen atoms in total. The number of thiol groups is 1. The molecule has 0 unspecified atom stereocenters. The fourth-order valence-corrected chi connectivity index (χ4v) is 2.66. The van der Waals surface area contributed by atoms with Crippen molar-refractivity contribution in [2.24, 2.45) is 7.05 Å². The standard InChI is InChI=1S/C17H18N4O2S/c1-21-10-19-14-9-13(11-4-3-5-12(24)8-11)20-16(15(14)17(21)22)18-6-7-23-2/h3-5,8-10,24H,6-7H2,1-2H3,(H,18,20). The maximum absolute atomic E-state index is 12.5. The van der Waals surface area contributed by atoms with Crippen molar-refractivity contribution in [2.45, 2.75) is 4.90 Å². The summed E-state index contributed by atoms with van der Waals surface area (Å²) in [6.07, 6.45) is 1.52. The highest BCUT2D eigenvalue weighted by atomic mass is 32.1. The van der Waals surface area contributed by atoms with Crippen LogP contribution in [0.4, 0.5) is 5.82 Å². The molecule has 0 amide bonds. The molecule has 3 aromatic rings. The Labute approximate surface area is 144 Å². The molecule has 7 heteroatoms. The molecular formula is C17H18N4O2S. The third-order valence-electron chi connectivity index (χ3n) is 3.64. The molecule has 0 bridgehead atoms. The first-order chi connectivity index (χ1) is 11.6. The maximum Gasteiger partial charge on any atom is 0.264 e. The van der Waals surface area contributed by atoms with Crippen molar-refractivity contribution in [2.75, 3.05) is 25.6 Å². The van der Waals surface area contributed by atoms with Crippen LogP contribution < -0.4 is 10.9 Å². The van der Waals surface area contributed by atoms with E-state index in [0.29, 0.717) is 29.9 Å². The Kier molecular flexibility index (Phi) is 4.82. The van der Waals surface area contributed by atoms with Gasteiger partial charge in [-0.1, -0.05) is 12.1 Å². The molecule has 24 heavy (non-hydrogen) atoms. The van der Waals surface area contributed by atoms with Crippen molar-refractivity contribution in [3.05, 3.63) is 47.0 Å². The molecule has 0 saturated carbocycles. The van der Waals surface area contributed by atoms with Crippen LogP contribution in [0.2, 0.25) is 0 Å². The van der Waals surface area contributed by atoms with Crippen molar-refractivity contribution in [1.29, 1.82) is 0 Å². The fourth-order valence-electron chi connectivity index (χ4n) is 2.43. The van der Waals surface area contributed by atoms with Crippen molar-refractivity contribution >= 4 is 29.3 Å². The Morgan fingerprint density at radius 2 is 2.17 bits per heavy atom. The van der Waals surface area contributed by atoms with Crippen molar-refractivity contribution < 1.29 is 4.74 Å². The first kappa shape index (κ1) is 16.5. The van der Waals surface area contributed by atoms with E-state index in [0.717, 1.165) is 16.2 Å². The first-order valence-corrected chi connectivity index (χ1v) is 7.93. The van der Waals surface area contributed by atoms with E-state index >= 15 is 0 Å². The second-order valence-electron chi connectivity index (χ2n) is 5.38. The van der Waals surface area contributed by atoms with Crippen molar-refractivity contribution in [3.8, 4) is 11.3 Å². The van der Waals surface area contributed by atoms with Crippen LogP contribution in [0.5, 0.6) is 0 Å². The van der Waals surface area contributed by atoms with E-state index in [1.165, 1.54) is 10.9 Å². The zero-order valence-corrected chi connectivity index (χ0v) is 14.4. The lowest BCUT2D eigenvalue weighted by molar-refractivity contribution is 0.210. The van der Waals surface area contributed by atoms with Crippen LogP contribution in [0.15, 0.2) is 46.3 Å². The zero-order chi connectivity index (χ0) is 17.1. The number of rotatable bonds is 5. The molecule has 2 aromatic heterocycles. The number of nitrogens with zero attached hydrogens (tertiary/aromatic N) is 3. The first-order valence-electron chi connectivity index (χ1n) is 7.48. The number of methoxy groups -OCH3 is 1. The quantitative estimate of drug-likeness (QED) is 0.550. The highest BCUT2D eigenvalue weighted by Gasteiger charge is 2.13. The van der Waals surface area contributed by atoms with Gasteiger partial charge in [0.15, 0.2) is 0 Å². The summed E-state index contributed by atoms with van der Waals surface area (Å²) in [5.74, 6) is 0.512. The van der Waals surface area contributed by atoms with Crippen molar-refractivity contribution in [3.63, 3.8) is 0 Å². The van der Waals surface area contributed by atoms with Gasteiger partial charge in [-0.15, -0.1) is 12.6 Å². The molecule has 0 atom stereocenters. The molecule has 124 valence electrons. The topological polar surface area (TPSA) is 69.0 Å². The Hall–Kier alpha value is -2.38. The van der Waals surface area contributed by atoms with Gasteiger partial charge < -0.3 is 14.6 Å². The van der Waals surface area contributed by atoms with Gasteiger partial charge in [-0.05, 0) is 18.2 Å². The number of pyridine rings is 1. The van der Waals surface area contributed by atoms with Crippen LogP contribution in [0.1, 0.15) is 0 Å². The van der Waals surface area contributed by atoms with E-state index in [-0.39, 0.29) is 5.56 Å². The normalized spacial score (nSPS) is 11.0. The summed E-state index contributed by atoms with van der Waals surface area (Å²) in [5.41, 5.74) is 2.12. The second kappa shape index (κ2) is 7.02. The summed E-state index contributed by atoms with van der Waals surface area (Å²) in [6.45, 7) is 1.06. The number of nitrogens with one attached hydrogen (secondary N) is 1. The van der Waals surface area contributed by atoms with E-state index in [1.54, 1.807) is 14.2 Å². The average Bonchev–Trinajstić information content (AvgIpc) is 2.58. The number of fused-ring (bicyclic) bond motifs is 1. The van der Waals surface area contributed by atoms with Crippen LogP contribution in [-0.2, 0) is 11.8 Å². The molecule has 1 N–H and O–H groups in total.